The maximum atomic E-state index is 12.8. The van der Waals surface area contributed by atoms with E-state index in [1.807, 2.05) is 6.92 Å². The minimum Gasteiger partial charge on any atom is -0.496 e. The van der Waals surface area contributed by atoms with Crippen LogP contribution in [0.2, 0.25) is 0 Å². The van der Waals surface area contributed by atoms with Gasteiger partial charge < -0.3 is 9.47 Å². The Hall–Kier alpha value is -1.15. The average Bonchev–Trinajstić information content (AvgIpc) is 2.57. The molecule has 0 radical (unpaired) electrons. The molecular weight excluding hydrogens is 340 g/mol. The molecular formula is C18H30N2O4S. The monoisotopic (exact) mass is 370 g/mol. The summed E-state index contributed by atoms with van der Waals surface area (Å²) in [5, 5.41) is 0. The first-order valence-corrected chi connectivity index (χ1v) is 10.2. The number of benzene rings is 1. The number of morpholine rings is 1. The van der Waals surface area contributed by atoms with Crippen LogP contribution in [-0.2, 0) is 14.8 Å². The third kappa shape index (κ3) is 4.94. The van der Waals surface area contributed by atoms with Crippen molar-refractivity contribution >= 4 is 10.0 Å². The number of hydrogen-bond acceptors (Lipinski definition) is 5. The zero-order valence-corrected chi connectivity index (χ0v) is 16.6. The number of rotatable bonds is 7. The number of methoxy groups -OCH3 is 1. The number of sulfonamides is 1. The molecule has 0 amide bonds. The SMILES string of the molecule is COc1cc(C)c(S(=O)(=O)NCC(C(C)C)N2CCOCC2)cc1C. The summed E-state index contributed by atoms with van der Waals surface area (Å²) in [7, 11) is -1.98. The van der Waals surface area contributed by atoms with E-state index in [0.29, 0.717) is 41.9 Å². The predicted octanol–water partition coefficient (Wildman–Crippen LogP) is 1.95. The maximum Gasteiger partial charge on any atom is 0.240 e. The van der Waals surface area contributed by atoms with Gasteiger partial charge in [-0.25, -0.2) is 13.1 Å². The first kappa shape index (κ1) is 20.2. The highest BCUT2D eigenvalue weighted by Gasteiger charge is 2.26. The van der Waals surface area contributed by atoms with Gasteiger partial charge >= 0.3 is 0 Å². The Kier molecular flexibility index (Phi) is 6.85. The molecule has 2 rings (SSSR count). The molecule has 0 spiro atoms. The summed E-state index contributed by atoms with van der Waals surface area (Å²) in [6.07, 6.45) is 0. The van der Waals surface area contributed by atoms with Gasteiger partial charge in [0.05, 0.1) is 25.2 Å². The highest BCUT2D eigenvalue weighted by atomic mass is 32.2. The van der Waals surface area contributed by atoms with Crippen molar-refractivity contribution in [1.82, 2.24) is 9.62 Å². The number of aryl methyl sites for hydroxylation is 2. The fourth-order valence-corrected chi connectivity index (χ4v) is 4.60. The van der Waals surface area contributed by atoms with Gasteiger partial charge in [-0.2, -0.15) is 0 Å². The predicted molar refractivity (Wildman–Crippen MR) is 98.7 cm³/mol. The van der Waals surface area contributed by atoms with Crippen LogP contribution in [0.3, 0.4) is 0 Å². The van der Waals surface area contributed by atoms with Crippen molar-refractivity contribution in [1.29, 1.82) is 0 Å². The van der Waals surface area contributed by atoms with E-state index in [1.165, 1.54) is 0 Å². The Morgan fingerprint density at radius 2 is 1.84 bits per heavy atom. The molecule has 1 saturated heterocycles. The first-order chi connectivity index (χ1) is 11.8. The summed E-state index contributed by atoms with van der Waals surface area (Å²) in [4.78, 5) is 2.62. The second-order valence-electron chi connectivity index (χ2n) is 6.90. The highest BCUT2D eigenvalue weighted by Crippen LogP contribution is 2.25. The summed E-state index contributed by atoms with van der Waals surface area (Å²) < 4.78 is 39.1. The van der Waals surface area contributed by atoms with E-state index in [1.54, 1.807) is 26.2 Å². The molecule has 142 valence electrons. The molecule has 1 aromatic carbocycles. The Labute approximate surface area is 151 Å². The van der Waals surface area contributed by atoms with Crippen LogP contribution in [-0.4, -0.2) is 59.3 Å². The Morgan fingerprint density at radius 3 is 2.40 bits per heavy atom. The Balaban J connectivity index is 2.16. The largest absolute Gasteiger partial charge is 0.496 e. The first-order valence-electron chi connectivity index (χ1n) is 8.73. The third-order valence-electron chi connectivity index (χ3n) is 4.75. The van der Waals surface area contributed by atoms with Gasteiger partial charge in [0.25, 0.3) is 0 Å². The van der Waals surface area contributed by atoms with Crippen LogP contribution in [0, 0.1) is 19.8 Å². The molecule has 7 heteroatoms. The van der Waals surface area contributed by atoms with Gasteiger partial charge in [-0.05, 0) is 43.0 Å². The Morgan fingerprint density at radius 1 is 1.20 bits per heavy atom. The lowest BCUT2D eigenvalue weighted by molar-refractivity contribution is 0.00776. The third-order valence-corrected chi connectivity index (χ3v) is 6.31. The van der Waals surface area contributed by atoms with E-state index in [0.717, 1.165) is 18.7 Å². The van der Waals surface area contributed by atoms with Crippen LogP contribution in [0.4, 0.5) is 0 Å². The van der Waals surface area contributed by atoms with Crippen molar-refractivity contribution in [3.8, 4) is 5.75 Å². The number of nitrogens with zero attached hydrogens (tertiary/aromatic N) is 1. The quantitative estimate of drug-likeness (QED) is 0.795. The van der Waals surface area contributed by atoms with E-state index in [-0.39, 0.29) is 6.04 Å². The van der Waals surface area contributed by atoms with Gasteiger partial charge in [0.2, 0.25) is 10.0 Å². The van der Waals surface area contributed by atoms with Crippen LogP contribution in [0.1, 0.15) is 25.0 Å². The lowest BCUT2D eigenvalue weighted by Crippen LogP contribution is -2.51. The van der Waals surface area contributed by atoms with Gasteiger partial charge in [0.15, 0.2) is 0 Å². The van der Waals surface area contributed by atoms with Crippen LogP contribution in [0.15, 0.2) is 17.0 Å². The van der Waals surface area contributed by atoms with Crippen molar-refractivity contribution in [2.24, 2.45) is 5.92 Å². The molecule has 25 heavy (non-hydrogen) atoms. The molecule has 0 aromatic heterocycles. The van der Waals surface area contributed by atoms with Gasteiger partial charge in [-0.1, -0.05) is 13.8 Å². The number of hydrogen-bond donors (Lipinski definition) is 1. The molecule has 1 aliphatic rings. The molecule has 1 atom stereocenters. The van der Waals surface area contributed by atoms with Crippen molar-refractivity contribution in [3.05, 3.63) is 23.3 Å². The molecule has 1 N–H and O–H groups in total. The smallest absolute Gasteiger partial charge is 0.240 e. The normalized spacial score (nSPS) is 17.7. The van der Waals surface area contributed by atoms with Crippen molar-refractivity contribution < 1.29 is 17.9 Å². The molecule has 6 nitrogen and oxygen atoms in total. The maximum absolute atomic E-state index is 12.8. The lowest BCUT2D eigenvalue weighted by Gasteiger charge is -2.36. The van der Waals surface area contributed by atoms with E-state index >= 15 is 0 Å². The molecule has 0 aliphatic carbocycles. The van der Waals surface area contributed by atoms with Crippen LogP contribution in [0.25, 0.3) is 0 Å². The fourth-order valence-electron chi connectivity index (χ4n) is 3.24. The summed E-state index contributed by atoms with van der Waals surface area (Å²) in [6.45, 7) is 11.4. The standard InChI is InChI=1S/C18H30N2O4S/c1-13(2)16(20-6-8-24-9-7-20)12-19-25(21,22)18-11-14(3)17(23-5)10-15(18)4/h10-11,13,16,19H,6-9,12H2,1-5H3. The minimum absolute atomic E-state index is 0.151. The topological polar surface area (TPSA) is 67.9 Å². The van der Waals surface area contributed by atoms with Crippen LogP contribution >= 0.6 is 0 Å². The van der Waals surface area contributed by atoms with Gasteiger partial charge in [-0.3, -0.25) is 4.90 Å². The van der Waals surface area contributed by atoms with Crippen molar-refractivity contribution in [2.75, 3.05) is 40.0 Å². The van der Waals surface area contributed by atoms with E-state index in [9.17, 15) is 8.42 Å². The van der Waals surface area contributed by atoms with Crippen molar-refractivity contribution in [2.45, 2.75) is 38.6 Å². The second-order valence-corrected chi connectivity index (χ2v) is 8.63. The number of nitrogens with one attached hydrogen (secondary N) is 1. The molecule has 1 aromatic rings. The van der Waals surface area contributed by atoms with Crippen molar-refractivity contribution in [3.63, 3.8) is 0 Å². The van der Waals surface area contributed by atoms with Gasteiger partial charge in [0.1, 0.15) is 5.75 Å². The highest BCUT2D eigenvalue weighted by molar-refractivity contribution is 7.89. The zero-order valence-electron chi connectivity index (χ0n) is 15.8. The second kappa shape index (κ2) is 8.49. The molecule has 0 bridgehead atoms. The van der Waals surface area contributed by atoms with E-state index in [4.69, 9.17) is 9.47 Å². The molecule has 1 fully saturated rings. The van der Waals surface area contributed by atoms with Crippen LogP contribution < -0.4 is 9.46 Å². The molecule has 1 aliphatic heterocycles. The summed E-state index contributed by atoms with van der Waals surface area (Å²) in [5.74, 6) is 1.05. The summed E-state index contributed by atoms with van der Waals surface area (Å²) in [5.41, 5.74) is 1.49. The van der Waals surface area contributed by atoms with E-state index < -0.39 is 10.0 Å². The Bertz CT molecular complexity index is 683. The zero-order chi connectivity index (χ0) is 18.6. The molecule has 1 heterocycles. The summed E-state index contributed by atoms with van der Waals surface area (Å²) >= 11 is 0. The van der Waals surface area contributed by atoms with Gasteiger partial charge in [0, 0.05) is 25.7 Å². The fraction of sp³-hybridized carbons (Fsp3) is 0.667. The summed E-state index contributed by atoms with van der Waals surface area (Å²) in [6, 6.07) is 3.60. The van der Waals surface area contributed by atoms with Gasteiger partial charge in [-0.15, -0.1) is 0 Å². The van der Waals surface area contributed by atoms with Crippen LogP contribution in [0.5, 0.6) is 5.75 Å². The number of ether oxygens (including phenoxy) is 2. The lowest BCUT2D eigenvalue weighted by atomic mass is 10.0. The minimum atomic E-state index is -3.57. The molecule has 0 saturated carbocycles. The van der Waals surface area contributed by atoms with E-state index in [2.05, 4.69) is 23.5 Å². The molecule has 1 unspecified atom stereocenters. The average molecular weight is 371 g/mol.